The molecule has 0 heterocycles. The zero-order valence-corrected chi connectivity index (χ0v) is 8.92. The molecule has 0 unspecified atom stereocenters. The summed E-state index contributed by atoms with van der Waals surface area (Å²) in [6.45, 7) is 6.12. The van der Waals surface area contributed by atoms with Crippen molar-refractivity contribution in [1.29, 1.82) is 0 Å². The van der Waals surface area contributed by atoms with E-state index in [2.05, 4.69) is 18.7 Å². The molecule has 0 amide bonds. The van der Waals surface area contributed by atoms with Crippen molar-refractivity contribution in [3.8, 4) is 0 Å². The average molecular weight is 178 g/mol. The van der Waals surface area contributed by atoms with Gasteiger partial charge in [0.2, 0.25) is 0 Å². The van der Waals surface area contributed by atoms with Gasteiger partial charge in [-0.3, -0.25) is 0 Å². The monoisotopic (exact) mass is 178 g/mol. The van der Waals surface area contributed by atoms with E-state index in [1.165, 1.54) is 5.57 Å². The number of ether oxygens (including phenoxy) is 1. The summed E-state index contributed by atoms with van der Waals surface area (Å²) in [7, 11) is 1.66. The van der Waals surface area contributed by atoms with Crippen LogP contribution in [0.1, 0.15) is 27.2 Å². The first-order valence-electron chi connectivity index (χ1n) is 4.74. The molecule has 0 atom stereocenters. The molecule has 0 aromatic carbocycles. The van der Waals surface area contributed by atoms with Gasteiger partial charge in [0.15, 0.2) is 5.76 Å². The summed E-state index contributed by atoms with van der Waals surface area (Å²) in [6, 6.07) is 0. The Kier molecular flexibility index (Phi) is 6.76. The molecule has 1 rings (SSSR count). The second-order valence-electron chi connectivity index (χ2n) is 2.31. The fourth-order valence-corrected chi connectivity index (χ4v) is 0.898. The number of hydrogen-bond acceptors (Lipinski definition) is 1. The van der Waals surface area contributed by atoms with Gasteiger partial charge in [-0.2, -0.15) is 0 Å². The predicted molar refractivity (Wildman–Crippen MR) is 57.5 cm³/mol. The molecule has 1 aliphatic carbocycles. The molecule has 0 radical (unpaired) electrons. The second kappa shape index (κ2) is 7.45. The lowest BCUT2D eigenvalue weighted by Gasteiger charge is -1.97. The molecule has 0 spiro atoms. The van der Waals surface area contributed by atoms with Crippen LogP contribution in [0.25, 0.3) is 0 Å². The van der Waals surface area contributed by atoms with Crippen molar-refractivity contribution in [2.45, 2.75) is 27.2 Å². The van der Waals surface area contributed by atoms with Crippen molar-refractivity contribution in [3.63, 3.8) is 0 Å². The Labute approximate surface area is 81.1 Å². The minimum Gasteiger partial charge on any atom is -0.489 e. The van der Waals surface area contributed by atoms with Gasteiger partial charge in [0.1, 0.15) is 0 Å². The first kappa shape index (κ1) is 11.8. The maximum absolute atomic E-state index is 5.06. The van der Waals surface area contributed by atoms with Gasteiger partial charge in [-0.25, -0.2) is 0 Å². The molecule has 0 bridgehead atoms. The zero-order chi connectivity index (χ0) is 10.1. The van der Waals surface area contributed by atoms with E-state index in [-0.39, 0.29) is 0 Å². The molecule has 0 aromatic heterocycles. The van der Waals surface area contributed by atoms with Gasteiger partial charge in [-0.1, -0.05) is 38.7 Å². The van der Waals surface area contributed by atoms with Crippen molar-refractivity contribution in [2.75, 3.05) is 7.11 Å². The molecule has 13 heavy (non-hydrogen) atoms. The summed E-state index contributed by atoms with van der Waals surface area (Å²) < 4.78 is 5.06. The van der Waals surface area contributed by atoms with Gasteiger partial charge in [-0.15, -0.1) is 0 Å². The molecule has 1 nitrogen and oxygen atoms in total. The Balaban J connectivity index is 0.000000671. The van der Waals surface area contributed by atoms with Gasteiger partial charge in [0, 0.05) is 0 Å². The summed E-state index contributed by atoms with van der Waals surface area (Å²) in [6.07, 6.45) is 8.93. The third-order valence-corrected chi connectivity index (χ3v) is 1.58. The van der Waals surface area contributed by atoms with Crippen LogP contribution >= 0.6 is 0 Å². The first-order chi connectivity index (χ1) is 6.36. The molecular formula is C12H18O. The second-order valence-corrected chi connectivity index (χ2v) is 2.31. The fraction of sp³-hybridized carbons (Fsp3) is 0.417. The molecule has 0 saturated carbocycles. The highest BCUT2D eigenvalue weighted by atomic mass is 16.5. The highest BCUT2D eigenvalue weighted by molar-refractivity contribution is 5.31. The minimum absolute atomic E-state index is 0.798. The Morgan fingerprint density at radius 2 is 2.08 bits per heavy atom. The van der Waals surface area contributed by atoms with Crippen LogP contribution in [-0.2, 0) is 4.74 Å². The van der Waals surface area contributed by atoms with Crippen molar-refractivity contribution < 1.29 is 4.74 Å². The predicted octanol–water partition coefficient (Wildman–Crippen LogP) is 3.60. The number of rotatable bonds is 2. The maximum Gasteiger partial charge on any atom is 0.162 e. The van der Waals surface area contributed by atoms with Gasteiger partial charge in [0.25, 0.3) is 0 Å². The zero-order valence-electron chi connectivity index (χ0n) is 8.92. The Bertz CT molecular complexity index is 250. The van der Waals surface area contributed by atoms with Crippen LogP contribution < -0.4 is 0 Å². The Morgan fingerprint density at radius 1 is 1.38 bits per heavy atom. The van der Waals surface area contributed by atoms with E-state index in [1.54, 1.807) is 7.11 Å². The van der Waals surface area contributed by atoms with Crippen LogP contribution in [0.2, 0.25) is 0 Å². The molecule has 0 fully saturated rings. The molecule has 1 aliphatic rings. The van der Waals surface area contributed by atoms with Gasteiger partial charge in [-0.05, 0) is 24.1 Å². The normalized spacial score (nSPS) is 13.5. The SMILES string of the molecule is CC.CCC1=CC(OC)=C=CC=C1. The van der Waals surface area contributed by atoms with Crippen molar-refractivity contribution in [1.82, 2.24) is 0 Å². The van der Waals surface area contributed by atoms with Gasteiger partial charge < -0.3 is 4.74 Å². The average Bonchev–Trinajstić information content (AvgIpc) is 2.45. The number of methoxy groups -OCH3 is 1. The van der Waals surface area contributed by atoms with Crippen molar-refractivity contribution >= 4 is 0 Å². The van der Waals surface area contributed by atoms with Crippen LogP contribution in [-0.4, -0.2) is 7.11 Å². The van der Waals surface area contributed by atoms with Crippen LogP contribution in [0.15, 0.2) is 41.4 Å². The lowest BCUT2D eigenvalue weighted by atomic mass is 10.2. The largest absolute Gasteiger partial charge is 0.489 e. The van der Waals surface area contributed by atoms with E-state index in [1.807, 2.05) is 32.1 Å². The Hall–Kier alpha value is -1.20. The maximum atomic E-state index is 5.06. The topological polar surface area (TPSA) is 9.23 Å². The molecule has 0 saturated heterocycles. The molecule has 0 aromatic rings. The van der Waals surface area contributed by atoms with E-state index >= 15 is 0 Å². The van der Waals surface area contributed by atoms with Crippen LogP contribution in [0, 0.1) is 0 Å². The summed E-state index contributed by atoms with van der Waals surface area (Å²) in [4.78, 5) is 0. The Morgan fingerprint density at radius 3 is 2.62 bits per heavy atom. The molecule has 1 heteroatoms. The van der Waals surface area contributed by atoms with Crippen molar-refractivity contribution in [3.05, 3.63) is 41.4 Å². The van der Waals surface area contributed by atoms with E-state index < -0.39 is 0 Å². The third kappa shape index (κ3) is 4.39. The van der Waals surface area contributed by atoms with Crippen LogP contribution in [0.4, 0.5) is 0 Å². The van der Waals surface area contributed by atoms with E-state index in [0.29, 0.717) is 0 Å². The lowest BCUT2D eigenvalue weighted by molar-refractivity contribution is 0.307. The highest BCUT2D eigenvalue weighted by Crippen LogP contribution is 2.10. The lowest BCUT2D eigenvalue weighted by Crippen LogP contribution is -1.81. The van der Waals surface area contributed by atoms with E-state index in [0.717, 1.165) is 12.2 Å². The smallest absolute Gasteiger partial charge is 0.162 e. The van der Waals surface area contributed by atoms with E-state index in [9.17, 15) is 0 Å². The standard InChI is InChI=1S/C10H12O.C2H6/c1-3-9-6-4-5-7-10(8-9)11-2;1-2/h4-6,8H,3H2,1-2H3;1-2H3. The van der Waals surface area contributed by atoms with Gasteiger partial charge in [0.05, 0.1) is 7.11 Å². The summed E-state index contributed by atoms with van der Waals surface area (Å²) in [5, 5.41) is 0. The summed E-state index contributed by atoms with van der Waals surface area (Å²) >= 11 is 0. The van der Waals surface area contributed by atoms with Gasteiger partial charge >= 0.3 is 0 Å². The van der Waals surface area contributed by atoms with E-state index in [4.69, 9.17) is 4.74 Å². The quantitative estimate of drug-likeness (QED) is 0.587. The fourth-order valence-electron chi connectivity index (χ4n) is 0.898. The highest BCUT2D eigenvalue weighted by Gasteiger charge is 1.93. The van der Waals surface area contributed by atoms with Crippen LogP contribution in [0.3, 0.4) is 0 Å². The molecular weight excluding hydrogens is 160 g/mol. The number of hydrogen-bond donors (Lipinski definition) is 0. The molecule has 72 valence electrons. The molecule has 0 aliphatic heterocycles. The summed E-state index contributed by atoms with van der Waals surface area (Å²) in [5.74, 6) is 0.798. The van der Waals surface area contributed by atoms with Crippen LogP contribution in [0.5, 0.6) is 0 Å². The number of allylic oxidation sites excluding steroid dienone is 4. The summed E-state index contributed by atoms with van der Waals surface area (Å²) in [5.41, 5.74) is 4.27. The third-order valence-electron chi connectivity index (χ3n) is 1.58. The minimum atomic E-state index is 0.798. The first-order valence-corrected chi connectivity index (χ1v) is 4.74. The van der Waals surface area contributed by atoms with Crippen molar-refractivity contribution in [2.24, 2.45) is 0 Å². The molecule has 0 N–H and O–H groups in total.